The number of hydrogen-bond acceptors (Lipinski definition) is 2. The lowest BCUT2D eigenvalue weighted by molar-refractivity contribution is -0.143. The number of carbonyl (C=O) groups is 1. The highest BCUT2D eigenvalue weighted by molar-refractivity contribution is 5.81. The van der Waals surface area contributed by atoms with Crippen LogP contribution in [0.3, 0.4) is 0 Å². The van der Waals surface area contributed by atoms with Crippen LogP contribution < -0.4 is 0 Å². The van der Waals surface area contributed by atoms with Gasteiger partial charge in [-0.2, -0.15) is 26.3 Å². The van der Waals surface area contributed by atoms with Crippen LogP contribution >= 0.6 is 0 Å². The third kappa shape index (κ3) is 5.87. The van der Waals surface area contributed by atoms with Gasteiger partial charge in [-0.15, -0.1) is 0 Å². The van der Waals surface area contributed by atoms with Gasteiger partial charge >= 0.3 is 18.3 Å². The average Bonchev–Trinajstić information content (AvgIpc) is 2.63. The molecule has 0 bridgehead atoms. The minimum Gasteiger partial charge on any atom is -0.463 e. The van der Waals surface area contributed by atoms with Crippen LogP contribution in [0.1, 0.15) is 23.1 Å². The second-order valence-electron chi connectivity index (χ2n) is 5.97. The van der Waals surface area contributed by atoms with Crippen molar-refractivity contribution in [2.75, 3.05) is 6.61 Å². The topological polar surface area (TPSA) is 26.3 Å². The molecular formula is C20H16F6O2. The van der Waals surface area contributed by atoms with Gasteiger partial charge in [0, 0.05) is 6.08 Å². The van der Waals surface area contributed by atoms with Crippen molar-refractivity contribution in [3.8, 4) is 11.1 Å². The van der Waals surface area contributed by atoms with Gasteiger partial charge in [0.05, 0.1) is 17.7 Å². The van der Waals surface area contributed by atoms with Crippen LogP contribution in [0.25, 0.3) is 11.1 Å². The molecule has 0 unspecified atom stereocenters. The lowest BCUT2D eigenvalue weighted by Gasteiger charge is -2.15. The zero-order valence-corrected chi connectivity index (χ0v) is 14.5. The summed E-state index contributed by atoms with van der Waals surface area (Å²) in [6.45, 7) is 3.38. The molecule has 0 heterocycles. The molecule has 0 atom stereocenters. The second-order valence-corrected chi connectivity index (χ2v) is 5.97. The minimum absolute atomic E-state index is 0.0985. The van der Waals surface area contributed by atoms with Gasteiger partial charge in [0.2, 0.25) is 0 Å². The van der Waals surface area contributed by atoms with E-state index in [1.165, 1.54) is 12.1 Å². The van der Waals surface area contributed by atoms with Gasteiger partial charge in [-0.25, -0.2) is 4.79 Å². The first-order chi connectivity index (χ1) is 13.0. The zero-order valence-electron chi connectivity index (χ0n) is 14.5. The lowest BCUT2D eigenvalue weighted by Crippen LogP contribution is -2.11. The molecule has 0 aromatic heterocycles. The Labute approximate surface area is 157 Å². The molecule has 0 fully saturated rings. The molecule has 0 aliphatic rings. The van der Waals surface area contributed by atoms with E-state index in [-0.39, 0.29) is 23.8 Å². The Morgan fingerprint density at radius 1 is 0.929 bits per heavy atom. The Balaban J connectivity index is 2.29. The molecule has 2 nitrogen and oxygen atoms in total. The molecule has 0 aliphatic carbocycles. The smallest absolute Gasteiger partial charge is 0.416 e. The number of esters is 1. The number of alkyl halides is 6. The highest BCUT2D eigenvalue weighted by atomic mass is 19.4. The Kier molecular flexibility index (Phi) is 6.53. The summed E-state index contributed by atoms with van der Waals surface area (Å²) in [5.74, 6) is -0.572. The summed E-state index contributed by atoms with van der Waals surface area (Å²) >= 11 is 0. The van der Waals surface area contributed by atoms with Gasteiger partial charge < -0.3 is 4.74 Å². The van der Waals surface area contributed by atoms with Crippen LogP contribution in [0.5, 0.6) is 0 Å². The van der Waals surface area contributed by atoms with Crippen molar-refractivity contribution < 1.29 is 35.9 Å². The molecule has 8 heteroatoms. The standard InChI is InChI=1S/C20H16F6O2/c1-2-18(27)28-8-4-6-13-5-3-7-14(9-13)15-10-16(19(21,22)23)12-17(11-15)20(24,25)26/h2-3,5,7,9-12H,1,4,6,8H2. The van der Waals surface area contributed by atoms with Gasteiger partial charge in [-0.1, -0.05) is 30.8 Å². The lowest BCUT2D eigenvalue weighted by atomic mass is 9.97. The number of halogens is 6. The molecule has 0 aliphatic heterocycles. The van der Waals surface area contributed by atoms with E-state index in [1.54, 1.807) is 12.1 Å². The number of aryl methyl sites for hydroxylation is 1. The summed E-state index contributed by atoms with van der Waals surface area (Å²) in [5, 5.41) is 0. The molecule has 0 N–H and O–H groups in total. The van der Waals surface area contributed by atoms with Crippen molar-refractivity contribution in [3.63, 3.8) is 0 Å². The van der Waals surface area contributed by atoms with E-state index in [4.69, 9.17) is 4.74 Å². The molecule has 2 rings (SSSR count). The Bertz CT molecular complexity index is 820. The first-order valence-electron chi connectivity index (χ1n) is 8.18. The molecule has 0 amide bonds. The normalized spacial score (nSPS) is 11.9. The summed E-state index contributed by atoms with van der Waals surface area (Å²) < 4.78 is 82.9. The van der Waals surface area contributed by atoms with E-state index in [2.05, 4.69) is 6.58 Å². The summed E-state index contributed by atoms with van der Waals surface area (Å²) in [4.78, 5) is 11.0. The first-order valence-corrected chi connectivity index (χ1v) is 8.18. The van der Waals surface area contributed by atoms with Crippen LogP contribution in [-0.4, -0.2) is 12.6 Å². The quantitative estimate of drug-likeness (QED) is 0.254. The van der Waals surface area contributed by atoms with E-state index in [1.807, 2.05) is 0 Å². The van der Waals surface area contributed by atoms with Crippen molar-refractivity contribution in [2.45, 2.75) is 25.2 Å². The van der Waals surface area contributed by atoms with E-state index in [0.717, 1.165) is 6.08 Å². The summed E-state index contributed by atoms with van der Waals surface area (Å²) in [6.07, 6.45) is -7.90. The number of benzene rings is 2. The monoisotopic (exact) mass is 402 g/mol. The maximum absolute atomic E-state index is 13.0. The predicted octanol–water partition coefficient (Wildman–Crippen LogP) is 6.05. The SMILES string of the molecule is C=CC(=O)OCCCc1cccc(-c2cc(C(F)(F)F)cc(C(F)(F)F)c2)c1. The first kappa shape index (κ1) is 21.5. The van der Waals surface area contributed by atoms with Gasteiger partial charge in [-0.3, -0.25) is 0 Å². The fourth-order valence-electron chi connectivity index (χ4n) is 2.54. The summed E-state index contributed by atoms with van der Waals surface area (Å²) in [7, 11) is 0. The Morgan fingerprint density at radius 2 is 1.54 bits per heavy atom. The zero-order chi connectivity index (χ0) is 20.9. The van der Waals surface area contributed by atoms with Crippen molar-refractivity contribution in [1.82, 2.24) is 0 Å². The van der Waals surface area contributed by atoms with Crippen LogP contribution in [0.15, 0.2) is 55.1 Å². The summed E-state index contributed by atoms with van der Waals surface area (Å²) in [6, 6.07) is 7.69. The summed E-state index contributed by atoms with van der Waals surface area (Å²) in [5.41, 5.74) is -1.98. The van der Waals surface area contributed by atoms with Crippen LogP contribution in [0.4, 0.5) is 26.3 Å². The van der Waals surface area contributed by atoms with Crippen LogP contribution in [0.2, 0.25) is 0 Å². The number of rotatable bonds is 6. The maximum Gasteiger partial charge on any atom is 0.416 e. The fraction of sp³-hybridized carbons (Fsp3) is 0.250. The van der Waals surface area contributed by atoms with Gasteiger partial charge in [0.25, 0.3) is 0 Å². The van der Waals surface area contributed by atoms with Crippen molar-refractivity contribution in [1.29, 1.82) is 0 Å². The number of ether oxygens (including phenoxy) is 1. The molecule has 0 radical (unpaired) electrons. The molecule has 2 aromatic carbocycles. The molecular weight excluding hydrogens is 386 g/mol. The largest absolute Gasteiger partial charge is 0.463 e. The number of hydrogen-bond donors (Lipinski definition) is 0. The molecule has 0 saturated carbocycles. The molecule has 28 heavy (non-hydrogen) atoms. The van der Waals surface area contributed by atoms with E-state index < -0.39 is 29.4 Å². The molecule has 0 saturated heterocycles. The fourth-order valence-corrected chi connectivity index (χ4v) is 2.54. The second kappa shape index (κ2) is 8.50. The molecule has 0 spiro atoms. The minimum atomic E-state index is -4.90. The Hall–Kier alpha value is -2.77. The van der Waals surface area contributed by atoms with E-state index >= 15 is 0 Å². The molecule has 2 aromatic rings. The maximum atomic E-state index is 13.0. The van der Waals surface area contributed by atoms with E-state index in [9.17, 15) is 31.1 Å². The van der Waals surface area contributed by atoms with Gasteiger partial charge in [0.1, 0.15) is 0 Å². The highest BCUT2D eigenvalue weighted by Crippen LogP contribution is 2.38. The average molecular weight is 402 g/mol. The van der Waals surface area contributed by atoms with Crippen LogP contribution in [-0.2, 0) is 28.3 Å². The van der Waals surface area contributed by atoms with Gasteiger partial charge in [-0.05, 0) is 47.7 Å². The van der Waals surface area contributed by atoms with Crippen molar-refractivity contribution >= 4 is 5.97 Å². The highest BCUT2D eigenvalue weighted by Gasteiger charge is 2.37. The van der Waals surface area contributed by atoms with Crippen molar-refractivity contribution in [2.24, 2.45) is 0 Å². The van der Waals surface area contributed by atoms with E-state index in [0.29, 0.717) is 30.5 Å². The number of carbonyl (C=O) groups excluding carboxylic acids is 1. The Morgan fingerprint density at radius 3 is 2.07 bits per heavy atom. The predicted molar refractivity (Wildman–Crippen MR) is 91.4 cm³/mol. The van der Waals surface area contributed by atoms with Crippen LogP contribution in [0, 0.1) is 0 Å². The van der Waals surface area contributed by atoms with Gasteiger partial charge in [0.15, 0.2) is 0 Å². The third-order valence-corrected chi connectivity index (χ3v) is 3.87. The van der Waals surface area contributed by atoms with Crippen molar-refractivity contribution in [3.05, 3.63) is 71.8 Å². The third-order valence-electron chi connectivity index (χ3n) is 3.87. The molecule has 150 valence electrons.